The van der Waals surface area contributed by atoms with Crippen molar-refractivity contribution < 1.29 is 13.9 Å². The van der Waals surface area contributed by atoms with E-state index < -0.39 is 0 Å². The van der Waals surface area contributed by atoms with Crippen molar-refractivity contribution in [1.82, 2.24) is 9.88 Å². The number of hydrogen-bond acceptors (Lipinski definition) is 6. The first-order chi connectivity index (χ1) is 11.2. The van der Waals surface area contributed by atoms with Crippen LogP contribution in [0.5, 0.6) is 0 Å². The van der Waals surface area contributed by atoms with E-state index in [1.807, 2.05) is 6.07 Å². The molecule has 1 spiro atoms. The molecule has 2 aromatic rings. The molecule has 4 aliphatic heterocycles. The van der Waals surface area contributed by atoms with Crippen molar-refractivity contribution in [3.63, 3.8) is 0 Å². The van der Waals surface area contributed by atoms with Crippen molar-refractivity contribution in [3.8, 4) is 10.4 Å². The van der Waals surface area contributed by atoms with Gasteiger partial charge in [-0.1, -0.05) is 0 Å². The smallest absolute Gasteiger partial charge is 0.417 e. The van der Waals surface area contributed by atoms with Crippen LogP contribution in [0.4, 0.5) is 10.7 Å². The van der Waals surface area contributed by atoms with Crippen molar-refractivity contribution in [3.05, 3.63) is 24.0 Å². The van der Waals surface area contributed by atoms with Crippen LogP contribution < -0.4 is 4.90 Å². The molecule has 7 heteroatoms. The van der Waals surface area contributed by atoms with Crippen molar-refractivity contribution in [1.29, 1.82) is 0 Å². The number of thiazole rings is 1. The summed E-state index contributed by atoms with van der Waals surface area (Å²) >= 11 is 1.55. The maximum Gasteiger partial charge on any atom is 0.417 e. The van der Waals surface area contributed by atoms with Crippen LogP contribution in [0.25, 0.3) is 10.4 Å². The Labute approximate surface area is 137 Å². The van der Waals surface area contributed by atoms with Crippen molar-refractivity contribution in [2.24, 2.45) is 5.92 Å². The van der Waals surface area contributed by atoms with Crippen molar-refractivity contribution in [2.75, 3.05) is 31.1 Å². The minimum absolute atomic E-state index is 0.288. The Morgan fingerprint density at radius 1 is 1.30 bits per heavy atom. The molecule has 0 aromatic carbocycles. The molecule has 0 N–H and O–H groups in total. The van der Waals surface area contributed by atoms with Crippen LogP contribution in [0, 0.1) is 5.92 Å². The first-order valence-electron chi connectivity index (χ1n) is 7.94. The van der Waals surface area contributed by atoms with Gasteiger partial charge in [-0.2, -0.15) is 0 Å². The molecule has 120 valence electrons. The Bertz CT molecular complexity index is 736. The molecule has 4 saturated heterocycles. The molecule has 6 rings (SSSR count). The third-order valence-electron chi connectivity index (χ3n) is 5.33. The van der Waals surface area contributed by atoms with Gasteiger partial charge in [-0.3, -0.25) is 9.88 Å². The lowest BCUT2D eigenvalue weighted by atomic mass is 9.75. The fourth-order valence-electron chi connectivity index (χ4n) is 4.13. The van der Waals surface area contributed by atoms with Gasteiger partial charge in [0.1, 0.15) is 11.9 Å². The minimum atomic E-state index is -0.356. The Kier molecular flexibility index (Phi) is 2.84. The normalized spacial score (nSPS) is 32.7. The molecule has 0 radical (unpaired) electrons. The second-order valence-corrected chi connectivity index (χ2v) is 7.49. The van der Waals surface area contributed by atoms with Crippen LogP contribution >= 0.6 is 11.3 Å². The molecule has 1 atom stereocenters. The lowest BCUT2D eigenvalue weighted by molar-refractivity contribution is -0.0881. The van der Waals surface area contributed by atoms with Crippen LogP contribution in [-0.2, 0) is 4.74 Å². The summed E-state index contributed by atoms with van der Waals surface area (Å²) in [6.07, 6.45) is 5.43. The van der Waals surface area contributed by atoms with Gasteiger partial charge in [0.25, 0.3) is 0 Å². The fourth-order valence-corrected chi connectivity index (χ4v) is 4.73. The summed E-state index contributed by atoms with van der Waals surface area (Å²) in [5, 5.41) is 0. The van der Waals surface area contributed by atoms with Crippen LogP contribution in [0.2, 0.25) is 0 Å². The second kappa shape index (κ2) is 4.82. The van der Waals surface area contributed by atoms with Gasteiger partial charge in [-0.05, 0) is 25.9 Å². The number of hydrogen-bond donors (Lipinski definition) is 0. The summed E-state index contributed by atoms with van der Waals surface area (Å²) in [5.74, 6) is 1.03. The fraction of sp³-hybridized carbons (Fsp3) is 0.500. The van der Waals surface area contributed by atoms with E-state index in [0.29, 0.717) is 18.3 Å². The number of piperidine rings is 3. The first-order valence-corrected chi connectivity index (χ1v) is 8.82. The van der Waals surface area contributed by atoms with E-state index in [0.717, 1.165) is 42.9 Å². The highest BCUT2D eigenvalue weighted by Crippen LogP contribution is 2.43. The van der Waals surface area contributed by atoms with E-state index >= 15 is 0 Å². The van der Waals surface area contributed by atoms with Crippen LogP contribution in [0.1, 0.15) is 12.8 Å². The molecular weight excluding hydrogens is 314 g/mol. The number of anilines is 1. The predicted molar refractivity (Wildman–Crippen MR) is 85.5 cm³/mol. The number of carbonyl (C=O) groups excluding carboxylic acids is 1. The largest absolute Gasteiger partial charge is 0.448 e. The van der Waals surface area contributed by atoms with E-state index in [4.69, 9.17) is 9.15 Å². The number of amides is 1. The summed E-state index contributed by atoms with van der Waals surface area (Å²) in [7, 11) is 0. The monoisotopic (exact) mass is 331 g/mol. The maximum absolute atomic E-state index is 12.4. The van der Waals surface area contributed by atoms with Crippen molar-refractivity contribution in [2.45, 2.75) is 18.4 Å². The van der Waals surface area contributed by atoms with Gasteiger partial charge in [0.2, 0.25) is 5.88 Å². The summed E-state index contributed by atoms with van der Waals surface area (Å²) in [5.41, 5.74) is 2.38. The van der Waals surface area contributed by atoms with Gasteiger partial charge < -0.3 is 9.15 Å². The maximum atomic E-state index is 12.4. The topological polar surface area (TPSA) is 58.8 Å². The summed E-state index contributed by atoms with van der Waals surface area (Å²) in [6, 6.07) is 1.90. The minimum Gasteiger partial charge on any atom is -0.448 e. The Balaban J connectivity index is 1.43. The molecule has 23 heavy (non-hydrogen) atoms. The zero-order valence-corrected chi connectivity index (χ0v) is 13.4. The number of furan rings is 1. The average molecular weight is 331 g/mol. The van der Waals surface area contributed by atoms with E-state index in [9.17, 15) is 4.79 Å². The number of fused-ring (bicyclic) bond motifs is 2. The van der Waals surface area contributed by atoms with E-state index in [1.165, 1.54) is 0 Å². The molecule has 4 aliphatic rings. The molecule has 4 fully saturated rings. The van der Waals surface area contributed by atoms with Crippen molar-refractivity contribution >= 4 is 23.3 Å². The third-order valence-corrected chi connectivity index (χ3v) is 6.15. The average Bonchev–Trinajstić information content (AvgIpc) is 3.28. The molecule has 6 nitrogen and oxygen atoms in total. The molecule has 0 saturated carbocycles. The van der Waals surface area contributed by atoms with Crippen LogP contribution in [0.3, 0.4) is 0 Å². The molecule has 2 bridgehead atoms. The molecule has 6 heterocycles. The summed E-state index contributed by atoms with van der Waals surface area (Å²) in [4.78, 5) is 21.6. The SMILES string of the molecule is O=C1OC2(CN3CCC2CC3)CN1c1cc(-c2cncs2)co1. The highest BCUT2D eigenvalue weighted by molar-refractivity contribution is 7.13. The Morgan fingerprint density at radius 3 is 2.87 bits per heavy atom. The standard InChI is InChI=1S/C16H17N3O3S/c20-15-19(14-5-11(7-21-14)13-6-17-10-23-13)9-16(22-15)8-18-3-1-12(16)2-4-18/h5-7,10,12H,1-4,8-9H2. The number of aromatic nitrogens is 1. The molecule has 1 unspecified atom stereocenters. The number of ether oxygens (including phenoxy) is 1. The summed E-state index contributed by atoms with van der Waals surface area (Å²) in [6.45, 7) is 3.69. The second-order valence-electron chi connectivity index (χ2n) is 6.61. The third kappa shape index (κ3) is 2.03. The highest BCUT2D eigenvalue weighted by atomic mass is 32.1. The molecule has 1 amide bonds. The zero-order chi connectivity index (χ0) is 15.4. The van der Waals surface area contributed by atoms with Gasteiger partial charge >= 0.3 is 6.09 Å². The van der Waals surface area contributed by atoms with Gasteiger partial charge in [0.05, 0.1) is 16.9 Å². The number of rotatable bonds is 2. The lowest BCUT2D eigenvalue weighted by Gasteiger charge is -2.49. The lowest BCUT2D eigenvalue weighted by Crippen LogP contribution is -2.61. The molecular formula is C16H17N3O3S. The van der Waals surface area contributed by atoms with Crippen LogP contribution in [-0.4, -0.2) is 47.8 Å². The predicted octanol–water partition coefficient (Wildman–Crippen LogP) is 2.82. The quantitative estimate of drug-likeness (QED) is 0.847. The van der Waals surface area contributed by atoms with E-state index in [-0.39, 0.29) is 11.7 Å². The van der Waals surface area contributed by atoms with Gasteiger partial charge in [-0.15, -0.1) is 11.3 Å². The van der Waals surface area contributed by atoms with Gasteiger partial charge in [0.15, 0.2) is 0 Å². The van der Waals surface area contributed by atoms with E-state index in [1.54, 1.807) is 34.2 Å². The highest BCUT2D eigenvalue weighted by Gasteiger charge is 2.56. The number of carbonyl (C=O) groups is 1. The van der Waals surface area contributed by atoms with Gasteiger partial charge in [0, 0.05) is 30.3 Å². The first kappa shape index (κ1) is 13.6. The van der Waals surface area contributed by atoms with Gasteiger partial charge in [-0.25, -0.2) is 9.69 Å². The molecule has 2 aromatic heterocycles. The summed E-state index contributed by atoms with van der Waals surface area (Å²) < 4.78 is 11.5. The Hall–Kier alpha value is -1.86. The zero-order valence-electron chi connectivity index (χ0n) is 12.6. The Morgan fingerprint density at radius 2 is 2.17 bits per heavy atom. The number of nitrogens with zero attached hydrogens (tertiary/aromatic N) is 3. The van der Waals surface area contributed by atoms with E-state index in [2.05, 4.69) is 9.88 Å². The molecule has 0 aliphatic carbocycles. The van der Waals surface area contributed by atoms with Crippen LogP contribution in [0.15, 0.2) is 28.5 Å².